The van der Waals surface area contributed by atoms with Crippen LogP contribution in [0, 0.1) is 4.78 Å². The second kappa shape index (κ2) is 4.07. The summed E-state index contributed by atoms with van der Waals surface area (Å²) in [6.07, 6.45) is 0.0532. The van der Waals surface area contributed by atoms with Gasteiger partial charge in [-0.25, -0.2) is 8.99 Å². The van der Waals surface area contributed by atoms with Gasteiger partial charge in [-0.3, -0.25) is 9.52 Å². The summed E-state index contributed by atoms with van der Waals surface area (Å²) in [7, 11) is -3.13. The van der Waals surface area contributed by atoms with E-state index < -0.39 is 20.8 Å². The van der Waals surface area contributed by atoms with Crippen LogP contribution in [0.3, 0.4) is 0 Å². The SMILES string of the molecule is CC(C)(O)c1cccc(C2CC(=O)NS2(=N)=O)c1. The lowest BCUT2D eigenvalue weighted by Gasteiger charge is -2.20. The molecule has 1 fully saturated rings. The van der Waals surface area contributed by atoms with Gasteiger partial charge < -0.3 is 5.11 Å². The molecule has 2 atom stereocenters. The number of rotatable bonds is 2. The fraction of sp³-hybridized carbons (Fsp3) is 0.417. The zero-order valence-electron chi connectivity index (χ0n) is 10.3. The van der Waals surface area contributed by atoms with Crippen molar-refractivity contribution in [3.8, 4) is 0 Å². The van der Waals surface area contributed by atoms with Crippen molar-refractivity contribution in [2.45, 2.75) is 31.1 Å². The predicted molar refractivity (Wildman–Crippen MR) is 68.0 cm³/mol. The third-order valence-electron chi connectivity index (χ3n) is 3.00. The second-order valence-corrected chi connectivity index (χ2v) is 6.98. The van der Waals surface area contributed by atoms with E-state index in [-0.39, 0.29) is 12.3 Å². The first-order valence-corrected chi connectivity index (χ1v) is 7.23. The van der Waals surface area contributed by atoms with Crippen LogP contribution in [-0.4, -0.2) is 15.2 Å². The highest BCUT2D eigenvalue weighted by Gasteiger charge is 2.35. The van der Waals surface area contributed by atoms with Crippen LogP contribution in [0.4, 0.5) is 0 Å². The maximum absolute atomic E-state index is 12.0. The van der Waals surface area contributed by atoms with Crippen LogP contribution in [0.15, 0.2) is 24.3 Å². The van der Waals surface area contributed by atoms with Gasteiger partial charge in [0.05, 0.1) is 10.9 Å². The van der Waals surface area contributed by atoms with Crippen molar-refractivity contribution in [2.24, 2.45) is 0 Å². The molecule has 1 amide bonds. The third kappa shape index (κ3) is 2.39. The van der Waals surface area contributed by atoms with Gasteiger partial charge in [0.15, 0.2) is 0 Å². The Labute approximate surface area is 106 Å². The molecule has 1 heterocycles. The molecule has 0 radical (unpaired) electrons. The van der Waals surface area contributed by atoms with Crippen molar-refractivity contribution in [2.75, 3.05) is 0 Å². The molecule has 98 valence electrons. The van der Waals surface area contributed by atoms with E-state index >= 15 is 0 Å². The zero-order chi connectivity index (χ0) is 13.6. The molecule has 1 aromatic rings. The highest BCUT2D eigenvalue weighted by atomic mass is 32.2. The Morgan fingerprint density at radius 1 is 1.50 bits per heavy atom. The van der Waals surface area contributed by atoms with E-state index in [1.807, 2.05) is 0 Å². The van der Waals surface area contributed by atoms with Crippen molar-refractivity contribution in [1.29, 1.82) is 4.78 Å². The number of amides is 1. The molecule has 1 aliphatic heterocycles. The van der Waals surface area contributed by atoms with Crippen molar-refractivity contribution in [3.63, 3.8) is 0 Å². The maximum Gasteiger partial charge on any atom is 0.233 e. The minimum absolute atomic E-state index is 0.0532. The fourth-order valence-electron chi connectivity index (χ4n) is 2.00. The van der Waals surface area contributed by atoms with Gasteiger partial charge >= 0.3 is 0 Å². The lowest BCUT2D eigenvalue weighted by Crippen LogP contribution is -2.21. The number of carbonyl (C=O) groups is 1. The molecule has 0 aromatic heterocycles. The van der Waals surface area contributed by atoms with Gasteiger partial charge in [-0.2, -0.15) is 0 Å². The van der Waals surface area contributed by atoms with Gasteiger partial charge in [0, 0.05) is 6.42 Å². The van der Waals surface area contributed by atoms with Gasteiger partial charge in [-0.1, -0.05) is 24.3 Å². The van der Waals surface area contributed by atoms with Crippen LogP contribution in [0.25, 0.3) is 0 Å². The molecular formula is C12H16N2O3S. The van der Waals surface area contributed by atoms with E-state index in [9.17, 15) is 14.1 Å². The van der Waals surface area contributed by atoms with Gasteiger partial charge in [0.1, 0.15) is 9.92 Å². The Morgan fingerprint density at radius 2 is 2.17 bits per heavy atom. The van der Waals surface area contributed by atoms with E-state index in [1.165, 1.54) is 0 Å². The van der Waals surface area contributed by atoms with Gasteiger partial charge in [0.2, 0.25) is 5.91 Å². The molecular weight excluding hydrogens is 252 g/mol. The molecule has 6 heteroatoms. The maximum atomic E-state index is 12.0. The van der Waals surface area contributed by atoms with Gasteiger partial charge in [0.25, 0.3) is 0 Å². The standard InChI is InChI=1S/C12H16N2O3S/c1-12(2,16)9-5-3-4-8(6-9)10-7-11(15)14-18(10,13)17/h3-6,10,16H,7H2,1-2H3,(H2,13,14,15,17). The molecule has 1 saturated heterocycles. The lowest BCUT2D eigenvalue weighted by atomic mass is 9.95. The van der Waals surface area contributed by atoms with Crippen molar-refractivity contribution < 1.29 is 14.1 Å². The predicted octanol–water partition coefficient (Wildman–Crippen LogP) is 1.44. The quantitative estimate of drug-likeness (QED) is 0.758. The minimum Gasteiger partial charge on any atom is -0.386 e. The smallest absolute Gasteiger partial charge is 0.233 e. The zero-order valence-corrected chi connectivity index (χ0v) is 11.1. The van der Waals surface area contributed by atoms with Crippen molar-refractivity contribution in [1.82, 2.24) is 4.72 Å². The third-order valence-corrected chi connectivity index (χ3v) is 4.77. The van der Waals surface area contributed by atoms with Crippen LogP contribution < -0.4 is 4.72 Å². The van der Waals surface area contributed by atoms with Crippen molar-refractivity contribution in [3.05, 3.63) is 35.4 Å². The van der Waals surface area contributed by atoms with Gasteiger partial charge in [-0.05, 0) is 25.0 Å². The summed E-state index contributed by atoms with van der Waals surface area (Å²) in [6.45, 7) is 3.31. The largest absolute Gasteiger partial charge is 0.386 e. The van der Waals surface area contributed by atoms with E-state index in [1.54, 1.807) is 38.1 Å². The molecule has 2 unspecified atom stereocenters. The first-order valence-electron chi connectivity index (χ1n) is 5.61. The Balaban J connectivity index is 2.44. The molecule has 1 aromatic carbocycles. The van der Waals surface area contributed by atoms with E-state index in [0.717, 1.165) is 0 Å². The molecule has 1 aliphatic rings. The van der Waals surface area contributed by atoms with Gasteiger partial charge in [-0.15, -0.1) is 0 Å². The van der Waals surface area contributed by atoms with Crippen LogP contribution in [0.1, 0.15) is 36.6 Å². The molecule has 3 N–H and O–H groups in total. The average Bonchev–Trinajstić information content (AvgIpc) is 2.51. The summed E-state index contributed by atoms with van der Waals surface area (Å²) in [5.74, 6) is -0.367. The highest BCUT2D eigenvalue weighted by molar-refractivity contribution is 7.91. The van der Waals surface area contributed by atoms with E-state index in [0.29, 0.717) is 11.1 Å². The Bertz CT molecular complexity index is 588. The summed E-state index contributed by atoms with van der Waals surface area (Å²) in [4.78, 5) is 11.3. The second-order valence-electron chi connectivity index (χ2n) is 5.00. The topological polar surface area (TPSA) is 90.2 Å². The summed E-state index contributed by atoms with van der Waals surface area (Å²) in [5.41, 5.74) is 0.317. The first-order chi connectivity index (χ1) is 8.20. The summed E-state index contributed by atoms with van der Waals surface area (Å²) in [5, 5.41) is 9.29. The van der Waals surface area contributed by atoms with Crippen LogP contribution in [0.2, 0.25) is 0 Å². The molecule has 5 nitrogen and oxygen atoms in total. The number of nitrogens with one attached hydrogen (secondary N) is 2. The van der Waals surface area contributed by atoms with Crippen LogP contribution in [0.5, 0.6) is 0 Å². The van der Waals surface area contributed by atoms with Crippen LogP contribution >= 0.6 is 0 Å². The summed E-state index contributed by atoms with van der Waals surface area (Å²) in [6, 6.07) is 6.94. The molecule has 18 heavy (non-hydrogen) atoms. The molecule has 0 saturated carbocycles. The monoisotopic (exact) mass is 268 g/mol. The number of hydrogen-bond acceptors (Lipinski definition) is 4. The lowest BCUT2D eigenvalue weighted by molar-refractivity contribution is -0.118. The van der Waals surface area contributed by atoms with E-state index in [4.69, 9.17) is 4.78 Å². The van der Waals surface area contributed by atoms with E-state index in [2.05, 4.69) is 4.72 Å². The molecule has 0 spiro atoms. The molecule has 0 aliphatic carbocycles. The first kappa shape index (κ1) is 13.0. The number of carbonyl (C=O) groups excluding carboxylic acids is 1. The normalized spacial score (nSPS) is 28.2. The summed E-state index contributed by atoms with van der Waals surface area (Å²) < 4.78 is 21.8. The number of aliphatic hydroxyl groups is 1. The van der Waals surface area contributed by atoms with Crippen LogP contribution in [-0.2, 0) is 20.3 Å². The highest BCUT2D eigenvalue weighted by Crippen LogP contribution is 2.32. The number of hydrogen-bond donors (Lipinski definition) is 3. The van der Waals surface area contributed by atoms with Crippen molar-refractivity contribution >= 4 is 15.8 Å². The molecule has 0 bridgehead atoms. The Morgan fingerprint density at radius 3 is 2.67 bits per heavy atom. The summed E-state index contributed by atoms with van der Waals surface area (Å²) >= 11 is 0. The fourth-order valence-corrected chi connectivity index (χ4v) is 3.48. The minimum atomic E-state index is -3.13. The average molecular weight is 268 g/mol. The molecule has 2 rings (SSSR count). The Kier molecular flexibility index (Phi) is 2.95. The Hall–Kier alpha value is -1.40. The number of benzene rings is 1.